The number of hydrogen-bond acceptors (Lipinski definition) is 4. The summed E-state index contributed by atoms with van der Waals surface area (Å²) in [7, 11) is 1.70. The first-order valence-electron chi connectivity index (χ1n) is 8.10. The van der Waals surface area contributed by atoms with E-state index in [2.05, 4.69) is 4.98 Å². The second-order valence-corrected chi connectivity index (χ2v) is 6.39. The van der Waals surface area contributed by atoms with Gasteiger partial charge in [-0.3, -0.25) is 9.59 Å². The second-order valence-electron chi connectivity index (χ2n) is 6.39. The lowest BCUT2D eigenvalue weighted by Gasteiger charge is -2.23. The number of benzene rings is 1. The zero-order valence-corrected chi connectivity index (χ0v) is 13.4. The molecule has 1 aliphatic carbocycles. The van der Waals surface area contributed by atoms with Gasteiger partial charge in [0.15, 0.2) is 5.78 Å². The molecule has 0 spiro atoms. The lowest BCUT2D eigenvalue weighted by atomic mass is 9.94. The summed E-state index contributed by atoms with van der Waals surface area (Å²) in [6, 6.07) is 11.2. The van der Waals surface area contributed by atoms with E-state index in [0.29, 0.717) is 30.9 Å². The molecule has 1 amide bonds. The molecule has 5 nitrogen and oxygen atoms in total. The van der Waals surface area contributed by atoms with Gasteiger partial charge in [-0.25, -0.2) is 4.98 Å². The number of ether oxygens (including phenoxy) is 1. The van der Waals surface area contributed by atoms with Crippen molar-refractivity contribution in [3.63, 3.8) is 0 Å². The van der Waals surface area contributed by atoms with E-state index in [1.165, 1.54) is 0 Å². The van der Waals surface area contributed by atoms with Crippen LogP contribution in [0.5, 0.6) is 5.88 Å². The highest BCUT2D eigenvalue weighted by molar-refractivity contribution is 6.02. The van der Waals surface area contributed by atoms with E-state index in [0.717, 1.165) is 11.1 Å². The van der Waals surface area contributed by atoms with E-state index in [-0.39, 0.29) is 23.7 Å². The Balaban J connectivity index is 1.71. The van der Waals surface area contributed by atoms with Gasteiger partial charge in [0.05, 0.1) is 6.04 Å². The van der Waals surface area contributed by atoms with E-state index in [1.807, 2.05) is 30.3 Å². The fraction of sp³-hybridized carbons (Fsp3) is 0.316. The number of amides is 1. The topological polar surface area (TPSA) is 59.5 Å². The van der Waals surface area contributed by atoms with Crippen LogP contribution in [0.2, 0.25) is 0 Å². The number of likely N-dealkylation sites (N-methyl/N-ethyl adjacent to an activating group) is 1. The third-order valence-electron chi connectivity index (χ3n) is 4.93. The summed E-state index contributed by atoms with van der Waals surface area (Å²) >= 11 is 0. The number of nitrogens with zero attached hydrogens (tertiary/aromatic N) is 2. The monoisotopic (exact) mass is 322 g/mol. The predicted octanol–water partition coefficient (Wildman–Crippen LogP) is 2.56. The minimum absolute atomic E-state index is 0.00544. The summed E-state index contributed by atoms with van der Waals surface area (Å²) in [5.74, 6) is 0.473. The van der Waals surface area contributed by atoms with E-state index >= 15 is 0 Å². The van der Waals surface area contributed by atoms with Gasteiger partial charge in [0.25, 0.3) is 5.91 Å². The molecule has 0 saturated heterocycles. The minimum atomic E-state index is -0.322. The molecule has 1 fully saturated rings. The molecule has 2 atom stereocenters. The first-order valence-corrected chi connectivity index (χ1v) is 8.10. The van der Waals surface area contributed by atoms with Crippen LogP contribution in [0.3, 0.4) is 0 Å². The molecule has 4 rings (SSSR count). The number of pyridine rings is 1. The molecule has 5 heteroatoms. The molecule has 2 bridgehead atoms. The molecule has 1 aliphatic heterocycles. The largest absolute Gasteiger partial charge is 0.473 e. The van der Waals surface area contributed by atoms with Crippen molar-refractivity contribution in [2.75, 3.05) is 7.05 Å². The maximum Gasteiger partial charge on any atom is 0.254 e. The zero-order chi connectivity index (χ0) is 16.7. The van der Waals surface area contributed by atoms with Crippen LogP contribution in [0.15, 0.2) is 42.6 Å². The van der Waals surface area contributed by atoms with E-state index < -0.39 is 0 Å². The number of aromatic nitrogens is 1. The molecule has 1 aromatic carbocycles. The van der Waals surface area contributed by atoms with Gasteiger partial charge in [-0.2, -0.15) is 0 Å². The summed E-state index contributed by atoms with van der Waals surface area (Å²) in [4.78, 5) is 30.8. The highest BCUT2D eigenvalue weighted by Gasteiger charge is 2.44. The lowest BCUT2D eigenvalue weighted by Crippen LogP contribution is -2.39. The van der Waals surface area contributed by atoms with Crippen LogP contribution in [0.1, 0.15) is 40.2 Å². The van der Waals surface area contributed by atoms with Crippen LogP contribution in [-0.4, -0.2) is 34.7 Å². The third-order valence-corrected chi connectivity index (χ3v) is 4.93. The Morgan fingerprint density at radius 3 is 2.79 bits per heavy atom. The quantitative estimate of drug-likeness (QED) is 0.871. The van der Waals surface area contributed by atoms with Crippen molar-refractivity contribution in [3.05, 3.63) is 59.3 Å². The Morgan fingerprint density at radius 1 is 1.21 bits per heavy atom. The molecule has 2 aromatic rings. The minimum Gasteiger partial charge on any atom is -0.473 e. The van der Waals surface area contributed by atoms with Crippen LogP contribution in [0, 0.1) is 0 Å². The maximum atomic E-state index is 12.7. The average molecular weight is 322 g/mol. The van der Waals surface area contributed by atoms with Gasteiger partial charge in [-0.15, -0.1) is 0 Å². The highest BCUT2D eigenvalue weighted by Crippen LogP contribution is 2.43. The van der Waals surface area contributed by atoms with Crippen LogP contribution in [-0.2, 0) is 11.4 Å². The van der Waals surface area contributed by atoms with E-state index in [1.54, 1.807) is 24.2 Å². The van der Waals surface area contributed by atoms with E-state index in [9.17, 15) is 9.59 Å². The summed E-state index contributed by atoms with van der Waals surface area (Å²) in [5.41, 5.74) is 2.43. The average Bonchev–Trinajstić information content (AvgIpc) is 2.96. The van der Waals surface area contributed by atoms with Crippen LogP contribution >= 0.6 is 0 Å². The molecule has 1 aromatic heterocycles. The molecule has 2 heterocycles. The third kappa shape index (κ3) is 2.37. The fourth-order valence-corrected chi connectivity index (χ4v) is 3.66. The first-order chi connectivity index (χ1) is 11.6. The van der Waals surface area contributed by atoms with Crippen LogP contribution in [0.25, 0.3) is 0 Å². The van der Waals surface area contributed by atoms with Gasteiger partial charge >= 0.3 is 0 Å². The standard InChI is InChI=1S/C19H18N2O3/c1-21-15-9-13(10-16(15)22)17-14(19(21)23)7-8-20-18(17)24-11-12-5-3-2-4-6-12/h2-8,13,15H,9-11H2,1H3. The number of rotatable bonds is 3. The van der Waals surface area contributed by atoms with E-state index in [4.69, 9.17) is 4.74 Å². The molecule has 1 saturated carbocycles. The van der Waals surface area contributed by atoms with Gasteiger partial charge < -0.3 is 9.64 Å². The highest BCUT2D eigenvalue weighted by atomic mass is 16.5. The van der Waals surface area contributed by atoms with Gasteiger partial charge in [-0.1, -0.05) is 30.3 Å². The second kappa shape index (κ2) is 5.74. The number of ketones is 1. The molecule has 0 radical (unpaired) electrons. The van der Waals surface area contributed by atoms with Crippen molar-refractivity contribution in [2.45, 2.75) is 31.4 Å². The Labute approximate surface area is 140 Å². The fourth-order valence-electron chi connectivity index (χ4n) is 3.66. The van der Waals surface area contributed by atoms with Gasteiger partial charge in [0, 0.05) is 30.8 Å². The van der Waals surface area contributed by atoms with Gasteiger partial charge in [0.1, 0.15) is 6.61 Å². The zero-order valence-electron chi connectivity index (χ0n) is 13.4. The van der Waals surface area contributed by atoms with Crippen molar-refractivity contribution in [1.29, 1.82) is 0 Å². The Kier molecular flexibility index (Phi) is 3.56. The Bertz CT molecular complexity index is 804. The Morgan fingerprint density at radius 2 is 2.00 bits per heavy atom. The van der Waals surface area contributed by atoms with Crippen molar-refractivity contribution < 1.29 is 14.3 Å². The summed E-state index contributed by atoms with van der Waals surface area (Å²) in [5, 5.41) is 0. The first kappa shape index (κ1) is 14.9. The number of hydrogen-bond donors (Lipinski definition) is 0. The number of Topliss-reactive ketones (excluding diaryl/α,β-unsaturated/α-hetero) is 1. The van der Waals surface area contributed by atoms with Gasteiger partial charge in [0.2, 0.25) is 5.88 Å². The SMILES string of the molecule is CN1C(=O)c2ccnc(OCc3ccccc3)c2C2CC(=O)C1C2. The molecule has 24 heavy (non-hydrogen) atoms. The normalized spacial score (nSPS) is 22.3. The van der Waals surface area contributed by atoms with Gasteiger partial charge in [-0.05, 0) is 24.0 Å². The number of carbonyl (C=O) groups is 2. The molecule has 2 unspecified atom stereocenters. The maximum absolute atomic E-state index is 12.7. The number of carbonyl (C=O) groups excluding carboxylic acids is 2. The smallest absolute Gasteiger partial charge is 0.254 e. The van der Waals surface area contributed by atoms with Crippen LogP contribution in [0.4, 0.5) is 0 Å². The molecule has 2 aliphatic rings. The molecular weight excluding hydrogens is 304 g/mol. The molecule has 0 N–H and O–H groups in total. The lowest BCUT2D eigenvalue weighted by molar-refractivity contribution is -0.121. The van der Waals surface area contributed by atoms with Crippen molar-refractivity contribution >= 4 is 11.7 Å². The number of fused-ring (bicyclic) bond motifs is 4. The van der Waals surface area contributed by atoms with Crippen molar-refractivity contribution in [1.82, 2.24) is 9.88 Å². The van der Waals surface area contributed by atoms with Crippen LogP contribution < -0.4 is 4.74 Å². The molecular formula is C19H18N2O3. The Hall–Kier alpha value is -2.69. The van der Waals surface area contributed by atoms with Crippen molar-refractivity contribution in [2.24, 2.45) is 0 Å². The molecule has 122 valence electrons. The summed E-state index contributed by atoms with van der Waals surface area (Å²) in [6.45, 7) is 0.387. The summed E-state index contributed by atoms with van der Waals surface area (Å²) in [6.07, 6.45) is 2.70. The summed E-state index contributed by atoms with van der Waals surface area (Å²) < 4.78 is 5.92. The predicted molar refractivity (Wildman–Crippen MR) is 87.9 cm³/mol. The van der Waals surface area contributed by atoms with Crippen molar-refractivity contribution in [3.8, 4) is 5.88 Å².